The van der Waals surface area contributed by atoms with Gasteiger partial charge in [-0.25, -0.2) is 10.8 Å². The maximum Gasteiger partial charge on any atom is 0.243 e. The highest BCUT2D eigenvalue weighted by molar-refractivity contribution is 6.31. The highest BCUT2D eigenvalue weighted by atomic mass is 35.5. The van der Waals surface area contributed by atoms with Crippen molar-refractivity contribution in [1.29, 1.82) is 0 Å². The van der Waals surface area contributed by atoms with E-state index in [4.69, 9.17) is 22.2 Å². The zero-order chi connectivity index (χ0) is 13.8. The number of aromatic nitrogens is 2. The van der Waals surface area contributed by atoms with Gasteiger partial charge in [-0.1, -0.05) is 43.6 Å². The number of nitrogens with zero attached hydrogens (tertiary/aromatic N) is 2. The van der Waals surface area contributed by atoms with Crippen LogP contribution in [-0.2, 0) is 0 Å². The quantitative estimate of drug-likeness (QED) is 0.663. The highest BCUT2D eigenvalue weighted by Crippen LogP contribution is 2.32. The topological polar surface area (TPSA) is 73.1 Å². The molecule has 19 heavy (non-hydrogen) atoms. The van der Waals surface area contributed by atoms with Crippen LogP contribution in [0.2, 0.25) is 5.02 Å². The lowest BCUT2D eigenvalue weighted by molar-refractivity contribution is 0.454. The van der Waals surface area contributed by atoms with Gasteiger partial charge in [-0.3, -0.25) is 5.43 Å². The van der Waals surface area contributed by atoms with Crippen LogP contribution in [0.4, 0.5) is 5.95 Å². The summed E-state index contributed by atoms with van der Waals surface area (Å²) in [5.41, 5.74) is 3.44. The Kier molecular flexibility index (Phi) is 4.19. The molecule has 0 spiro atoms. The molecule has 5 nitrogen and oxygen atoms in total. The summed E-state index contributed by atoms with van der Waals surface area (Å²) in [5.74, 6) is 6.85. The van der Waals surface area contributed by atoms with Crippen LogP contribution in [0.25, 0.3) is 0 Å². The fourth-order valence-corrected chi connectivity index (χ4v) is 1.78. The molecule has 2 rings (SSSR count). The summed E-state index contributed by atoms with van der Waals surface area (Å²) in [5, 5.41) is 0.331. The Labute approximate surface area is 116 Å². The van der Waals surface area contributed by atoms with Crippen LogP contribution in [0.3, 0.4) is 0 Å². The number of hydrogen-bond donors (Lipinski definition) is 2. The summed E-state index contributed by atoms with van der Waals surface area (Å²) in [6, 6.07) is 7.76. The van der Waals surface area contributed by atoms with Crippen LogP contribution < -0.4 is 16.0 Å². The van der Waals surface area contributed by atoms with Gasteiger partial charge in [0.1, 0.15) is 10.8 Å². The minimum absolute atomic E-state index is 0.251. The third-order valence-electron chi connectivity index (χ3n) is 2.59. The summed E-state index contributed by atoms with van der Waals surface area (Å²) < 4.78 is 5.77. The molecule has 0 amide bonds. The van der Waals surface area contributed by atoms with Crippen LogP contribution >= 0.6 is 11.6 Å². The Morgan fingerprint density at radius 2 is 2.05 bits per heavy atom. The first-order valence-electron chi connectivity index (χ1n) is 5.87. The fraction of sp³-hybridized carbons (Fsp3) is 0.231. The average molecular weight is 279 g/mol. The van der Waals surface area contributed by atoms with Gasteiger partial charge < -0.3 is 4.74 Å². The Morgan fingerprint density at radius 1 is 1.32 bits per heavy atom. The molecule has 0 unspecified atom stereocenters. The van der Waals surface area contributed by atoms with Gasteiger partial charge in [-0.2, -0.15) is 4.98 Å². The molecule has 6 heteroatoms. The number of nitrogens with one attached hydrogen (secondary N) is 1. The highest BCUT2D eigenvalue weighted by Gasteiger charge is 2.12. The lowest BCUT2D eigenvalue weighted by atomic mass is 10.0. The number of nitrogen functional groups attached to an aromatic ring is 1. The second-order valence-electron chi connectivity index (χ2n) is 4.29. The minimum Gasteiger partial charge on any atom is -0.437 e. The number of benzene rings is 1. The van der Waals surface area contributed by atoms with E-state index in [1.54, 1.807) is 0 Å². The molecule has 3 N–H and O–H groups in total. The molecule has 1 aromatic heterocycles. The molecule has 100 valence electrons. The van der Waals surface area contributed by atoms with Crippen LogP contribution in [0.5, 0.6) is 11.6 Å². The van der Waals surface area contributed by atoms with Crippen molar-refractivity contribution >= 4 is 17.5 Å². The largest absolute Gasteiger partial charge is 0.437 e. The Hall–Kier alpha value is -1.85. The van der Waals surface area contributed by atoms with Gasteiger partial charge >= 0.3 is 0 Å². The monoisotopic (exact) mass is 278 g/mol. The standard InChI is InChI=1S/C13H15ClN4O/c1-8(2)9-5-3-4-6-11(9)19-12-10(14)7-16-13(17-12)18-15/h3-8H,15H2,1-2H3,(H,16,17,18). The van der Waals surface area contributed by atoms with E-state index in [-0.39, 0.29) is 11.8 Å². The van der Waals surface area contributed by atoms with E-state index >= 15 is 0 Å². The van der Waals surface area contributed by atoms with Crippen molar-refractivity contribution in [2.75, 3.05) is 5.43 Å². The van der Waals surface area contributed by atoms with E-state index in [1.165, 1.54) is 6.20 Å². The molecule has 0 saturated carbocycles. The first kappa shape index (κ1) is 13.6. The van der Waals surface area contributed by atoms with E-state index < -0.39 is 0 Å². The number of halogens is 1. The number of nitrogens with two attached hydrogens (primary N) is 1. The molecule has 1 aromatic carbocycles. The summed E-state index contributed by atoms with van der Waals surface area (Å²) >= 11 is 6.02. The van der Waals surface area contributed by atoms with Crippen molar-refractivity contribution in [2.45, 2.75) is 19.8 Å². The number of rotatable bonds is 4. The molecule has 0 atom stereocenters. The van der Waals surface area contributed by atoms with E-state index in [2.05, 4.69) is 29.2 Å². The molecule has 2 aromatic rings. The number of hydrogen-bond acceptors (Lipinski definition) is 5. The molecule has 0 aliphatic carbocycles. The van der Waals surface area contributed by atoms with Crippen LogP contribution in [0, 0.1) is 0 Å². The molecule has 0 saturated heterocycles. The van der Waals surface area contributed by atoms with Crippen molar-refractivity contribution in [2.24, 2.45) is 5.84 Å². The third kappa shape index (κ3) is 3.13. The molecular weight excluding hydrogens is 264 g/mol. The van der Waals surface area contributed by atoms with E-state index in [1.807, 2.05) is 24.3 Å². The van der Waals surface area contributed by atoms with Crippen LogP contribution in [0.1, 0.15) is 25.3 Å². The normalized spacial score (nSPS) is 10.6. The summed E-state index contributed by atoms with van der Waals surface area (Å²) in [4.78, 5) is 7.98. The van der Waals surface area contributed by atoms with E-state index in [0.29, 0.717) is 10.9 Å². The molecule has 0 bridgehead atoms. The maximum atomic E-state index is 6.02. The Morgan fingerprint density at radius 3 is 2.74 bits per heavy atom. The number of hydrazine groups is 1. The van der Waals surface area contributed by atoms with Gasteiger partial charge in [0.05, 0.1) is 6.20 Å². The molecular formula is C13H15ClN4O. The lowest BCUT2D eigenvalue weighted by Crippen LogP contribution is -2.10. The first-order valence-corrected chi connectivity index (χ1v) is 6.25. The maximum absolute atomic E-state index is 6.02. The van der Waals surface area contributed by atoms with Gasteiger partial charge in [-0.15, -0.1) is 0 Å². The smallest absolute Gasteiger partial charge is 0.243 e. The van der Waals surface area contributed by atoms with Gasteiger partial charge in [0.15, 0.2) is 0 Å². The predicted molar refractivity (Wildman–Crippen MR) is 75.5 cm³/mol. The Balaban J connectivity index is 2.36. The van der Waals surface area contributed by atoms with Gasteiger partial charge in [0.25, 0.3) is 0 Å². The van der Waals surface area contributed by atoms with Crippen molar-refractivity contribution in [3.8, 4) is 11.6 Å². The molecule has 0 aliphatic heterocycles. The second kappa shape index (κ2) is 5.86. The molecule has 0 fully saturated rings. The van der Waals surface area contributed by atoms with Crippen molar-refractivity contribution < 1.29 is 4.74 Å². The SMILES string of the molecule is CC(C)c1ccccc1Oc1nc(NN)ncc1Cl. The summed E-state index contributed by atoms with van der Waals surface area (Å²) in [6.45, 7) is 4.19. The summed E-state index contributed by atoms with van der Waals surface area (Å²) in [7, 11) is 0. The van der Waals surface area contributed by atoms with Gasteiger partial charge in [0, 0.05) is 0 Å². The third-order valence-corrected chi connectivity index (χ3v) is 2.85. The molecule has 0 radical (unpaired) electrons. The van der Waals surface area contributed by atoms with Crippen molar-refractivity contribution in [3.05, 3.63) is 41.0 Å². The molecule has 0 aliphatic rings. The number of ether oxygens (including phenoxy) is 1. The zero-order valence-corrected chi connectivity index (χ0v) is 11.5. The van der Waals surface area contributed by atoms with Gasteiger partial charge in [-0.05, 0) is 17.5 Å². The predicted octanol–water partition coefficient (Wildman–Crippen LogP) is 3.33. The van der Waals surface area contributed by atoms with Crippen molar-refractivity contribution in [3.63, 3.8) is 0 Å². The molecule has 1 heterocycles. The van der Waals surface area contributed by atoms with Crippen LogP contribution in [0.15, 0.2) is 30.5 Å². The lowest BCUT2D eigenvalue weighted by Gasteiger charge is -2.13. The summed E-state index contributed by atoms with van der Waals surface area (Å²) in [6.07, 6.45) is 1.44. The zero-order valence-electron chi connectivity index (χ0n) is 10.7. The van der Waals surface area contributed by atoms with Gasteiger partial charge in [0.2, 0.25) is 11.8 Å². The van der Waals surface area contributed by atoms with E-state index in [0.717, 1.165) is 11.3 Å². The number of para-hydroxylation sites is 1. The fourth-order valence-electron chi connectivity index (χ4n) is 1.65. The second-order valence-corrected chi connectivity index (χ2v) is 4.69. The number of anilines is 1. The van der Waals surface area contributed by atoms with E-state index in [9.17, 15) is 0 Å². The Bertz CT molecular complexity index is 574. The average Bonchev–Trinajstić information content (AvgIpc) is 2.41. The first-order chi connectivity index (χ1) is 9.11. The van der Waals surface area contributed by atoms with Crippen LogP contribution in [-0.4, -0.2) is 9.97 Å². The minimum atomic E-state index is 0.251. The van der Waals surface area contributed by atoms with Crippen molar-refractivity contribution in [1.82, 2.24) is 9.97 Å².